The van der Waals surface area contributed by atoms with E-state index >= 15 is 0 Å². The molecule has 2 amide bonds. The Hall–Kier alpha value is -3.29. The second kappa shape index (κ2) is 6.45. The quantitative estimate of drug-likeness (QED) is 0.641. The summed E-state index contributed by atoms with van der Waals surface area (Å²) in [6, 6.07) is 9.66. The predicted octanol–water partition coefficient (Wildman–Crippen LogP) is 1.84. The van der Waals surface area contributed by atoms with Crippen LogP contribution in [0.2, 0.25) is 0 Å². The van der Waals surface area contributed by atoms with Crippen molar-refractivity contribution in [3.8, 4) is 0 Å². The fraction of sp³-hybridized carbons (Fsp3) is 0.0625. The number of H-pyrrole nitrogens is 1. The summed E-state index contributed by atoms with van der Waals surface area (Å²) in [6.45, 7) is 0. The molecule has 0 radical (unpaired) electrons. The minimum Gasteiger partial charge on any atom is -0.342 e. The Morgan fingerprint density at radius 1 is 1.04 bits per heavy atom. The number of fused-ring (bicyclic) bond motifs is 1. The number of halogens is 2. The summed E-state index contributed by atoms with van der Waals surface area (Å²) in [5.74, 6) is -2.69. The maximum Gasteiger partial charge on any atom is 0.269 e. The number of hydrazine groups is 1. The molecule has 0 aliphatic heterocycles. The first kappa shape index (κ1) is 15.6. The lowest BCUT2D eigenvalue weighted by Crippen LogP contribution is -2.42. The molecule has 0 aliphatic rings. The summed E-state index contributed by atoms with van der Waals surface area (Å²) in [5.41, 5.74) is 5.54. The van der Waals surface area contributed by atoms with E-state index in [1.54, 1.807) is 6.07 Å². The standard InChI is InChI=1S/C16H12F2N4O2/c17-10-5-9(6-11(18)7-10)16(24)22-21-15(23)8-14-19-12-3-1-2-4-13(12)20-14/h1-7H,8H2,(H,19,20)(H,21,23)(H,22,24). The van der Waals surface area contributed by atoms with E-state index in [1.165, 1.54) is 0 Å². The van der Waals surface area contributed by atoms with Crippen LogP contribution in [0.4, 0.5) is 8.78 Å². The number of imidazole rings is 1. The van der Waals surface area contributed by atoms with Gasteiger partial charge in [0, 0.05) is 11.6 Å². The molecule has 3 aromatic rings. The molecule has 0 unspecified atom stereocenters. The number of amides is 2. The third kappa shape index (κ3) is 3.54. The molecule has 0 aliphatic carbocycles. The highest BCUT2D eigenvalue weighted by Gasteiger charge is 2.12. The van der Waals surface area contributed by atoms with Crippen molar-refractivity contribution < 1.29 is 18.4 Å². The molecule has 0 spiro atoms. The largest absolute Gasteiger partial charge is 0.342 e. The Kier molecular flexibility index (Phi) is 4.19. The van der Waals surface area contributed by atoms with Gasteiger partial charge in [0.1, 0.15) is 17.5 Å². The van der Waals surface area contributed by atoms with Crippen LogP contribution in [-0.2, 0) is 11.2 Å². The molecule has 0 fully saturated rings. The van der Waals surface area contributed by atoms with E-state index in [4.69, 9.17) is 0 Å². The minimum absolute atomic E-state index is 0.0908. The van der Waals surface area contributed by atoms with Crippen LogP contribution in [0.5, 0.6) is 0 Å². The SMILES string of the molecule is O=C(Cc1nc2ccccc2[nH]1)NNC(=O)c1cc(F)cc(F)c1. The van der Waals surface area contributed by atoms with E-state index in [-0.39, 0.29) is 12.0 Å². The topological polar surface area (TPSA) is 86.9 Å². The number of rotatable bonds is 3. The van der Waals surface area contributed by atoms with E-state index in [9.17, 15) is 18.4 Å². The van der Waals surface area contributed by atoms with Crippen molar-refractivity contribution in [1.29, 1.82) is 0 Å². The molecule has 24 heavy (non-hydrogen) atoms. The number of carbonyl (C=O) groups is 2. The van der Waals surface area contributed by atoms with Crippen molar-refractivity contribution in [2.45, 2.75) is 6.42 Å². The van der Waals surface area contributed by atoms with Crippen molar-refractivity contribution >= 4 is 22.8 Å². The van der Waals surface area contributed by atoms with Crippen LogP contribution in [0.3, 0.4) is 0 Å². The zero-order valence-corrected chi connectivity index (χ0v) is 12.3. The van der Waals surface area contributed by atoms with Gasteiger partial charge < -0.3 is 4.98 Å². The van der Waals surface area contributed by atoms with Gasteiger partial charge >= 0.3 is 0 Å². The Labute approximate surface area is 134 Å². The van der Waals surface area contributed by atoms with Gasteiger partial charge in [-0.05, 0) is 24.3 Å². The Balaban J connectivity index is 1.59. The monoisotopic (exact) mass is 330 g/mol. The fourth-order valence-electron chi connectivity index (χ4n) is 2.17. The van der Waals surface area contributed by atoms with Gasteiger partial charge in [-0.2, -0.15) is 0 Å². The zero-order valence-electron chi connectivity index (χ0n) is 12.3. The number of aromatic nitrogens is 2. The van der Waals surface area contributed by atoms with Crippen molar-refractivity contribution in [1.82, 2.24) is 20.8 Å². The molecule has 2 aromatic carbocycles. The third-order valence-corrected chi connectivity index (χ3v) is 3.21. The molecule has 0 atom stereocenters. The molecule has 3 rings (SSSR count). The summed E-state index contributed by atoms with van der Waals surface area (Å²) in [5, 5.41) is 0. The molecule has 8 heteroatoms. The molecular weight excluding hydrogens is 318 g/mol. The lowest BCUT2D eigenvalue weighted by molar-refractivity contribution is -0.121. The molecule has 3 N–H and O–H groups in total. The normalized spacial score (nSPS) is 10.6. The van der Waals surface area contributed by atoms with Crippen molar-refractivity contribution in [2.24, 2.45) is 0 Å². The smallest absolute Gasteiger partial charge is 0.269 e. The van der Waals surface area contributed by atoms with Crippen LogP contribution >= 0.6 is 0 Å². The maximum absolute atomic E-state index is 13.1. The van der Waals surface area contributed by atoms with Crippen LogP contribution in [0, 0.1) is 11.6 Å². The summed E-state index contributed by atoms with van der Waals surface area (Å²) < 4.78 is 26.1. The maximum atomic E-state index is 13.1. The van der Waals surface area contributed by atoms with Crippen LogP contribution in [-0.4, -0.2) is 21.8 Å². The second-order valence-electron chi connectivity index (χ2n) is 5.04. The summed E-state index contributed by atoms with van der Waals surface area (Å²) in [6.07, 6.45) is -0.0908. The number of nitrogens with zero attached hydrogens (tertiary/aromatic N) is 1. The first-order chi connectivity index (χ1) is 11.5. The van der Waals surface area contributed by atoms with Crippen molar-refractivity contribution in [3.63, 3.8) is 0 Å². The Morgan fingerprint density at radius 3 is 2.46 bits per heavy atom. The van der Waals surface area contributed by atoms with Gasteiger partial charge in [0.15, 0.2) is 0 Å². The van der Waals surface area contributed by atoms with Gasteiger partial charge in [-0.3, -0.25) is 20.4 Å². The second-order valence-corrected chi connectivity index (χ2v) is 5.04. The number of benzene rings is 2. The summed E-state index contributed by atoms with van der Waals surface area (Å²) in [4.78, 5) is 30.8. The number of nitrogens with one attached hydrogen (secondary N) is 3. The Bertz CT molecular complexity index is 870. The lowest BCUT2D eigenvalue weighted by Gasteiger charge is -2.06. The number of hydrogen-bond donors (Lipinski definition) is 3. The average molecular weight is 330 g/mol. The summed E-state index contributed by atoms with van der Waals surface area (Å²) >= 11 is 0. The van der Waals surface area contributed by atoms with E-state index in [1.807, 2.05) is 18.2 Å². The molecule has 0 saturated carbocycles. The fourth-order valence-corrected chi connectivity index (χ4v) is 2.17. The zero-order chi connectivity index (χ0) is 17.1. The highest BCUT2D eigenvalue weighted by atomic mass is 19.1. The molecular formula is C16H12F2N4O2. The Morgan fingerprint density at radius 2 is 1.75 bits per heavy atom. The molecule has 0 bridgehead atoms. The van der Waals surface area contributed by atoms with E-state index in [0.717, 1.165) is 23.2 Å². The van der Waals surface area contributed by atoms with Gasteiger partial charge in [-0.1, -0.05) is 12.1 Å². The van der Waals surface area contributed by atoms with Crippen LogP contribution in [0.1, 0.15) is 16.2 Å². The predicted molar refractivity (Wildman–Crippen MR) is 81.8 cm³/mol. The molecule has 0 saturated heterocycles. The van der Waals surface area contributed by atoms with E-state index < -0.39 is 23.4 Å². The number of hydrogen-bond acceptors (Lipinski definition) is 3. The minimum atomic E-state index is -0.881. The van der Waals surface area contributed by atoms with Gasteiger partial charge in [-0.15, -0.1) is 0 Å². The van der Waals surface area contributed by atoms with Gasteiger partial charge in [-0.25, -0.2) is 13.8 Å². The average Bonchev–Trinajstić information content (AvgIpc) is 2.93. The van der Waals surface area contributed by atoms with Crippen LogP contribution < -0.4 is 10.9 Å². The number of carbonyl (C=O) groups excluding carboxylic acids is 2. The van der Waals surface area contributed by atoms with Gasteiger partial charge in [0.25, 0.3) is 5.91 Å². The van der Waals surface area contributed by atoms with Crippen LogP contribution in [0.25, 0.3) is 11.0 Å². The first-order valence-corrected chi connectivity index (χ1v) is 7.00. The highest BCUT2D eigenvalue weighted by molar-refractivity contribution is 5.95. The lowest BCUT2D eigenvalue weighted by atomic mass is 10.2. The van der Waals surface area contributed by atoms with Gasteiger partial charge in [0.2, 0.25) is 5.91 Å². The summed E-state index contributed by atoms with van der Waals surface area (Å²) in [7, 11) is 0. The molecule has 1 heterocycles. The van der Waals surface area contributed by atoms with Crippen molar-refractivity contribution in [2.75, 3.05) is 0 Å². The molecule has 122 valence electrons. The van der Waals surface area contributed by atoms with Crippen molar-refractivity contribution in [3.05, 3.63) is 65.5 Å². The van der Waals surface area contributed by atoms with Crippen LogP contribution in [0.15, 0.2) is 42.5 Å². The first-order valence-electron chi connectivity index (χ1n) is 7.00. The van der Waals surface area contributed by atoms with E-state index in [2.05, 4.69) is 20.8 Å². The van der Waals surface area contributed by atoms with Gasteiger partial charge in [0.05, 0.1) is 17.5 Å². The molecule has 1 aromatic heterocycles. The van der Waals surface area contributed by atoms with E-state index in [0.29, 0.717) is 11.9 Å². The number of para-hydroxylation sites is 2. The third-order valence-electron chi connectivity index (χ3n) is 3.21. The highest BCUT2D eigenvalue weighted by Crippen LogP contribution is 2.10. The number of aromatic amines is 1. The molecule has 6 nitrogen and oxygen atoms in total.